The zero-order valence-corrected chi connectivity index (χ0v) is 18.8. The zero-order valence-electron chi connectivity index (χ0n) is 18.0. The molecule has 0 bridgehead atoms. The quantitative estimate of drug-likeness (QED) is 0.290. The molecule has 4 rings (SSSR count). The maximum atomic E-state index is 13.8. The third-order valence-corrected chi connectivity index (χ3v) is 5.33. The van der Waals surface area contributed by atoms with Crippen molar-refractivity contribution >= 4 is 34.6 Å². The first kappa shape index (κ1) is 22.5. The Morgan fingerprint density at radius 3 is 2.79 bits per heavy atom. The number of carbonyl (C=O) groups is 1. The molecular weight excluding hydrogens is 453 g/mol. The maximum Gasteiger partial charge on any atom is 0.342 e. The highest BCUT2D eigenvalue weighted by Gasteiger charge is 2.24. The Morgan fingerprint density at radius 1 is 1.24 bits per heavy atom. The highest BCUT2D eigenvalue weighted by molar-refractivity contribution is 7.98. The lowest BCUT2D eigenvalue weighted by atomic mass is 10.2. The Balaban J connectivity index is 1.46. The summed E-state index contributed by atoms with van der Waals surface area (Å²) in [6.45, 7) is 5.23. The van der Waals surface area contributed by atoms with E-state index in [1.165, 1.54) is 23.9 Å². The minimum atomic E-state index is -0.653. The van der Waals surface area contributed by atoms with Gasteiger partial charge < -0.3 is 24.0 Å². The van der Waals surface area contributed by atoms with E-state index in [1.807, 2.05) is 0 Å². The number of thioether (sulfide) groups is 1. The van der Waals surface area contributed by atoms with Crippen LogP contribution >= 0.6 is 11.8 Å². The van der Waals surface area contributed by atoms with Crippen molar-refractivity contribution in [2.45, 2.75) is 37.9 Å². The lowest BCUT2D eigenvalue weighted by Gasteiger charge is -2.11. The van der Waals surface area contributed by atoms with Gasteiger partial charge in [0, 0.05) is 0 Å². The van der Waals surface area contributed by atoms with Gasteiger partial charge in [0.15, 0.2) is 17.7 Å². The van der Waals surface area contributed by atoms with E-state index in [-0.39, 0.29) is 46.3 Å². The predicted molar refractivity (Wildman–Crippen MR) is 116 cm³/mol. The van der Waals surface area contributed by atoms with Crippen molar-refractivity contribution < 1.29 is 27.5 Å². The molecule has 4 aromatic rings. The summed E-state index contributed by atoms with van der Waals surface area (Å²) in [7, 11) is 0. The van der Waals surface area contributed by atoms with Crippen LogP contribution in [0.4, 0.5) is 10.2 Å². The smallest absolute Gasteiger partial charge is 0.342 e. The molecule has 0 aliphatic carbocycles. The van der Waals surface area contributed by atoms with Crippen LogP contribution in [0.15, 0.2) is 38.3 Å². The molecule has 33 heavy (non-hydrogen) atoms. The molecule has 3 aromatic heterocycles. The number of anilines is 1. The normalized spacial score (nSPS) is 12.1. The van der Waals surface area contributed by atoms with Gasteiger partial charge >= 0.3 is 5.97 Å². The molecule has 0 radical (unpaired) electrons. The van der Waals surface area contributed by atoms with Gasteiger partial charge in [0.05, 0.1) is 17.7 Å². The molecule has 12 heteroatoms. The molecule has 0 fully saturated rings. The SMILES string of the molecule is CCOC(=O)c1c(C)oc2nc(CSc3nnc(C(C)Oc4ccccc4F)o3)nc(N)c12. The van der Waals surface area contributed by atoms with Crippen LogP contribution in [0.25, 0.3) is 11.1 Å². The Bertz CT molecular complexity index is 1310. The van der Waals surface area contributed by atoms with Gasteiger partial charge in [-0.15, -0.1) is 10.2 Å². The van der Waals surface area contributed by atoms with E-state index in [0.717, 1.165) is 0 Å². The largest absolute Gasteiger partial charge is 0.478 e. The topological polar surface area (TPSA) is 139 Å². The van der Waals surface area contributed by atoms with E-state index in [0.29, 0.717) is 17.0 Å². The van der Waals surface area contributed by atoms with Crippen LogP contribution in [0.2, 0.25) is 0 Å². The van der Waals surface area contributed by atoms with Gasteiger partial charge in [-0.05, 0) is 32.9 Å². The summed E-state index contributed by atoms with van der Waals surface area (Å²) >= 11 is 1.18. The van der Waals surface area contributed by atoms with E-state index < -0.39 is 17.9 Å². The predicted octanol–water partition coefficient (Wildman–Crippen LogP) is 4.24. The highest BCUT2D eigenvalue weighted by Crippen LogP contribution is 2.31. The molecule has 3 heterocycles. The number of hydrogen-bond acceptors (Lipinski definition) is 11. The highest BCUT2D eigenvalue weighted by atomic mass is 32.2. The van der Waals surface area contributed by atoms with Crippen molar-refractivity contribution in [2.75, 3.05) is 12.3 Å². The number of para-hydroxylation sites is 1. The lowest BCUT2D eigenvalue weighted by Crippen LogP contribution is -2.07. The number of aryl methyl sites for hydroxylation is 1. The van der Waals surface area contributed by atoms with Crippen LogP contribution in [-0.2, 0) is 10.5 Å². The number of nitrogens with zero attached hydrogens (tertiary/aromatic N) is 4. The number of furan rings is 1. The number of halogens is 1. The number of esters is 1. The van der Waals surface area contributed by atoms with Crippen molar-refractivity contribution in [3.8, 4) is 5.75 Å². The van der Waals surface area contributed by atoms with E-state index in [9.17, 15) is 9.18 Å². The number of carbonyl (C=O) groups excluding carboxylic acids is 1. The summed E-state index contributed by atoms with van der Waals surface area (Å²) < 4.78 is 35.6. The van der Waals surface area contributed by atoms with Gasteiger partial charge in [-0.25, -0.2) is 14.2 Å². The van der Waals surface area contributed by atoms with Crippen molar-refractivity contribution in [3.05, 3.63) is 53.1 Å². The second-order valence-corrected chi connectivity index (χ2v) is 7.77. The van der Waals surface area contributed by atoms with Gasteiger partial charge in [0.1, 0.15) is 23.0 Å². The molecule has 0 saturated carbocycles. The first-order chi connectivity index (χ1) is 15.9. The van der Waals surface area contributed by atoms with Crippen molar-refractivity contribution in [3.63, 3.8) is 0 Å². The second kappa shape index (κ2) is 9.45. The fourth-order valence-corrected chi connectivity index (χ4v) is 3.67. The van der Waals surface area contributed by atoms with Crippen LogP contribution in [-0.4, -0.2) is 32.7 Å². The summed E-state index contributed by atoms with van der Waals surface area (Å²) in [6, 6.07) is 6.05. The summed E-state index contributed by atoms with van der Waals surface area (Å²) in [4.78, 5) is 20.8. The van der Waals surface area contributed by atoms with Gasteiger partial charge in [0.25, 0.3) is 11.1 Å². The third kappa shape index (κ3) is 4.75. The van der Waals surface area contributed by atoms with E-state index >= 15 is 0 Å². The number of aromatic nitrogens is 4. The van der Waals surface area contributed by atoms with Crippen LogP contribution < -0.4 is 10.5 Å². The first-order valence-corrected chi connectivity index (χ1v) is 11.0. The van der Waals surface area contributed by atoms with E-state index in [4.69, 9.17) is 24.0 Å². The summed E-state index contributed by atoms with van der Waals surface area (Å²) in [5.74, 6) is 0.304. The number of rotatable bonds is 8. The minimum Gasteiger partial charge on any atom is -0.478 e. The van der Waals surface area contributed by atoms with Crippen molar-refractivity contribution in [2.24, 2.45) is 0 Å². The molecule has 2 N–H and O–H groups in total. The van der Waals surface area contributed by atoms with Crippen LogP contribution in [0.1, 0.15) is 47.8 Å². The minimum absolute atomic E-state index is 0.0884. The first-order valence-electron chi connectivity index (χ1n) is 9.97. The van der Waals surface area contributed by atoms with Crippen LogP contribution in [0, 0.1) is 12.7 Å². The Hall–Kier alpha value is -3.67. The summed E-state index contributed by atoms with van der Waals surface area (Å²) in [5, 5.41) is 8.48. The fraction of sp³-hybridized carbons (Fsp3) is 0.286. The van der Waals surface area contributed by atoms with Crippen LogP contribution in [0.3, 0.4) is 0 Å². The lowest BCUT2D eigenvalue weighted by molar-refractivity contribution is 0.0526. The zero-order chi connectivity index (χ0) is 23.5. The fourth-order valence-electron chi connectivity index (χ4n) is 3.05. The van der Waals surface area contributed by atoms with Crippen molar-refractivity contribution in [1.29, 1.82) is 0 Å². The van der Waals surface area contributed by atoms with Gasteiger partial charge in [-0.2, -0.15) is 4.98 Å². The summed E-state index contributed by atoms with van der Waals surface area (Å²) in [6.07, 6.45) is -0.653. The standard InChI is InChI=1S/C21H20FN5O5S/c1-4-29-20(28)15-10(2)31-19-16(15)17(23)24-14(25-19)9-33-21-27-26-18(32-21)11(3)30-13-8-6-5-7-12(13)22/h5-8,11H,4,9H2,1-3H3,(H2,23,24,25). The Labute approximate surface area is 191 Å². The molecule has 10 nitrogen and oxygen atoms in total. The second-order valence-electron chi connectivity index (χ2n) is 6.84. The Morgan fingerprint density at radius 2 is 2.03 bits per heavy atom. The molecule has 1 aromatic carbocycles. The number of ether oxygens (including phenoxy) is 2. The number of hydrogen-bond donors (Lipinski definition) is 1. The number of nitrogen functional groups attached to an aromatic ring is 1. The number of nitrogens with two attached hydrogens (primary N) is 1. The molecule has 1 unspecified atom stereocenters. The number of benzene rings is 1. The average molecular weight is 473 g/mol. The van der Waals surface area contributed by atoms with Crippen LogP contribution in [0.5, 0.6) is 5.75 Å². The molecule has 0 spiro atoms. The summed E-state index contributed by atoms with van der Waals surface area (Å²) in [5.41, 5.74) is 6.48. The molecule has 0 aliphatic heterocycles. The van der Waals surface area contributed by atoms with Gasteiger partial charge in [-0.1, -0.05) is 23.9 Å². The third-order valence-electron chi connectivity index (χ3n) is 4.52. The van der Waals surface area contributed by atoms with E-state index in [1.54, 1.807) is 32.9 Å². The monoisotopic (exact) mass is 473 g/mol. The van der Waals surface area contributed by atoms with Gasteiger partial charge in [0.2, 0.25) is 5.71 Å². The molecule has 0 amide bonds. The average Bonchev–Trinajstić information content (AvgIpc) is 3.38. The number of fused-ring (bicyclic) bond motifs is 1. The maximum absolute atomic E-state index is 13.8. The Kier molecular flexibility index (Phi) is 6.45. The molecule has 0 aliphatic rings. The molecule has 172 valence electrons. The molecular formula is C21H20FN5O5S. The molecule has 1 atom stereocenters. The molecule has 0 saturated heterocycles. The van der Waals surface area contributed by atoms with Gasteiger partial charge in [-0.3, -0.25) is 0 Å². The van der Waals surface area contributed by atoms with Crippen molar-refractivity contribution in [1.82, 2.24) is 20.2 Å². The van der Waals surface area contributed by atoms with E-state index in [2.05, 4.69) is 20.2 Å².